The van der Waals surface area contributed by atoms with Gasteiger partial charge < -0.3 is 0 Å². The minimum atomic E-state index is -0.115. The predicted octanol–water partition coefficient (Wildman–Crippen LogP) is 5.99. The SMILES string of the molecule is CCCCC1CCS2(CCCC2)CCC1CCCC. The second kappa shape index (κ2) is 7.96. The minimum absolute atomic E-state index is 0.115. The monoisotopic (exact) mass is 284 g/mol. The molecule has 2 unspecified atom stereocenters. The molecular formula is C18H36S. The van der Waals surface area contributed by atoms with Gasteiger partial charge in [-0.3, -0.25) is 0 Å². The van der Waals surface area contributed by atoms with E-state index < -0.39 is 0 Å². The van der Waals surface area contributed by atoms with E-state index in [0.29, 0.717) is 0 Å². The van der Waals surface area contributed by atoms with Crippen LogP contribution in [0.1, 0.15) is 78.1 Å². The molecule has 0 amide bonds. The van der Waals surface area contributed by atoms with E-state index in [-0.39, 0.29) is 10.0 Å². The zero-order valence-electron chi connectivity index (χ0n) is 13.5. The Bertz CT molecular complexity index is 222. The lowest BCUT2D eigenvalue weighted by atomic mass is 9.81. The molecule has 0 aliphatic carbocycles. The molecule has 2 saturated heterocycles. The van der Waals surface area contributed by atoms with Gasteiger partial charge >= 0.3 is 0 Å². The fourth-order valence-electron chi connectivity index (χ4n) is 4.40. The zero-order chi connectivity index (χ0) is 13.6. The van der Waals surface area contributed by atoms with Crippen molar-refractivity contribution in [2.24, 2.45) is 11.8 Å². The maximum atomic E-state index is 2.36. The average molecular weight is 285 g/mol. The third-order valence-corrected chi connectivity index (χ3v) is 10.3. The van der Waals surface area contributed by atoms with Crippen molar-refractivity contribution < 1.29 is 0 Å². The van der Waals surface area contributed by atoms with Gasteiger partial charge in [0, 0.05) is 0 Å². The van der Waals surface area contributed by atoms with Crippen LogP contribution in [0.25, 0.3) is 0 Å². The number of hydrogen-bond acceptors (Lipinski definition) is 0. The molecule has 0 saturated carbocycles. The molecule has 0 nitrogen and oxygen atoms in total. The second-order valence-electron chi connectivity index (χ2n) is 7.13. The molecule has 114 valence electrons. The van der Waals surface area contributed by atoms with E-state index >= 15 is 0 Å². The van der Waals surface area contributed by atoms with Gasteiger partial charge in [0.25, 0.3) is 0 Å². The largest absolute Gasteiger partial charge is 0.241 e. The van der Waals surface area contributed by atoms with Gasteiger partial charge in [0.2, 0.25) is 0 Å². The number of unbranched alkanes of at least 4 members (excludes halogenated alkanes) is 2. The van der Waals surface area contributed by atoms with Crippen molar-refractivity contribution in [3.8, 4) is 0 Å². The van der Waals surface area contributed by atoms with E-state index in [1.54, 1.807) is 61.5 Å². The summed E-state index contributed by atoms with van der Waals surface area (Å²) in [6.45, 7) is 4.73. The van der Waals surface area contributed by atoms with Gasteiger partial charge in [-0.05, 0) is 60.5 Å². The van der Waals surface area contributed by atoms with Crippen LogP contribution in [0.5, 0.6) is 0 Å². The van der Waals surface area contributed by atoms with Crippen LogP contribution in [0.4, 0.5) is 0 Å². The Balaban J connectivity index is 1.93. The Kier molecular flexibility index (Phi) is 6.59. The van der Waals surface area contributed by atoms with Crippen LogP contribution in [-0.4, -0.2) is 23.0 Å². The summed E-state index contributed by atoms with van der Waals surface area (Å²) in [6.07, 6.45) is 15.2. The second-order valence-corrected chi connectivity index (χ2v) is 11.2. The molecule has 2 aliphatic heterocycles. The van der Waals surface area contributed by atoms with Crippen LogP contribution >= 0.6 is 10.0 Å². The molecule has 0 N–H and O–H groups in total. The van der Waals surface area contributed by atoms with Gasteiger partial charge in [0.15, 0.2) is 0 Å². The van der Waals surface area contributed by atoms with Crippen molar-refractivity contribution in [3.05, 3.63) is 0 Å². The lowest BCUT2D eigenvalue weighted by Crippen LogP contribution is -2.14. The molecule has 2 aliphatic rings. The van der Waals surface area contributed by atoms with Crippen molar-refractivity contribution in [1.29, 1.82) is 0 Å². The van der Waals surface area contributed by atoms with Gasteiger partial charge in [-0.1, -0.05) is 52.4 Å². The molecule has 1 heteroatoms. The normalized spacial score (nSPS) is 32.3. The van der Waals surface area contributed by atoms with Crippen molar-refractivity contribution in [2.75, 3.05) is 23.0 Å². The summed E-state index contributed by atoms with van der Waals surface area (Å²) < 4.78 is 0. The lowest BCUT2D eigenvalue weighted by molar-refractivity contribution is 0.274. The Morgan fingerprint density at radius 3 is 1.63 bits per heavy atom. The molecule has 0 radical (unpaired) electrons. The third-order valence-electron chi connectivity index (χ3n) is 5.77. The van der Waals surface area contributed by atoms with Crippen LogP contribution in [0, 0.1) is 11.8 Å². The first-order valence-corrected chi connectivity index (χ1v) is 11.3. The Morgan fingerprint density at radius 1 is 0.737 bits per heavy atom. The van der Waals surface area contributed by atoms with Gasteiger partial charge in [-0.15, -0.1) is 0 Å². The molecule has 19 heavy (non-hydrogen) atoms. The standard InChI is InChI=1S/C18H36S/c1-3-5-9-17-11-15-19(13-7-8-14-19)16-12-18(17)10-6-4-2/h17-18H,3-16H2,1-2H3. The van der Waals surface area contributed by atoms with Crippen LogP contribution in [0.2, 0.25) is 0 Å². The van der Waals surface area contributed by atoms with Crippen LogP contribution in [0.15, 0.2) is 0 Å². The van der Waals surface area contributed by atoms with E-state index in [1.807, 2.05) is 0 Å². The van der Waals surface area contributed by atoms with E-state index in [1.165, 1.54) is 25.7 Å². The summed E-state index contributed by atoms with van der Waals surface area (Å²) in [5, 5.41) is 0. The summed E-state index contributed by atoms with van der Waals surface area (Å²) in [7, 11) is -0.115. The van der Waals surface area contributed by atoms with E-state index in [9.17, 15) is 0 Å². The molecule has 0 bridgehead atoms. The molecule has 2 rings (SSSR count). The Labute approximate surface area is 123 Å². The van der Waals surface area contributed by atoms with E-state index in [0.717, 1.165) is 11.8 Å². The summed E-state index contributed by atoms with van der Waals surface area (Å²) in [5.74, 6) is 8.80. The first kappa shape index (κ1) is 15.7. The number of hydrogen-bond donors (Lipinski definition) is 0. The molecule has 2 heterocycles. The molecule has 2 fully saturated rings. The van der Waals surface area contributed by atoms with Gasteiger partial charge in [0.05, 0.1) is 0 Å². The fraction of sp³-hybridized carbons (Fsp3) is 1.00. The minimum Gasteiger partial charge on any atom is -0.241 e. The van der Waals surface area contributed by atoms with Crippen LogP contribution in [0.3, 0.4) is 0 Å². The van der Waals surface area contributed by atoms with Crippen LogP contribution in [-0.2, 0) is 0 Å². The lowest BCUT2D eigenvalue weighted by Gasteiger charge is -2.34. The highest BCUT2D eigenvalue weighted by Gasteiger charge is 2.34. The summed E-state index contributed by atoms with van der Waals surface area (Å²) in [6, 6.07) is 0. The molecule has 0 aromatic carbocycles. The highest BCUT2D eigenvalue weighted by molar-refractivity contribution is 8.33. The highest BCUT2D eigenvalue weighted by Crippen LogP contribution is 2.58. The summed E-state index contributed by atoms with van der Waals surface area (Å²) in [5.41, 5.74) is 0. The summed E-state index contributed by atoms with van der Waals surface area (Å²) >= 11 is 0. The van der Waals surface area contributed by atoms with Gasteiger partial charge in [-0.2, -0.15) is 0 Å². The Morgan fingerprint density at radius 2 is 1.21 bits per heavy atom. The first-order valence-electron chi connectivity index (χ1n) is 9.04. The molecular weight excluding hydrogens is 248 g/mol. The van der Waals surface area contributed by atoms with E-state index in [4.69, 9.17) is 0 Å². The fourth-order valence-corrected chi connectivity index (χ4v) is 8.86. The zero-order valence-corrected chi connectivity index (χ0v) is 14.3. The third kappa shape index (κ3) is 4.41. The first-order chi connectivity index (χ1) is 9.29. The number of rotatable bonds is 6. The molecule has 0 aromatic rings. The van der Waals surface area contributed by atoms with Crippen molar-refractivity contribution in [3.63, 3.8) is 0 Å². The smallest absolute Gasteiger partial charge is 0.0225 e. The Hall–Kier alpha value is 0.350. The van der Waals surface area contributed by atoms with Crippen molar-refractivity contribution in [2.45, 2.75) is 78.1 Å². The van der Waals surface area contributed by atoms with Crippen molar-refractivity contribution in [1.82, 2.24) is 0 Å². The maximum Gasteiger partial charge on any atom is -0.0225 e. The molecule has 0 aromatic heterocycles. The quantitative estimate of drug-likeness (QED) is 0.562. The maximum absolute atomic E-state index is 2.36. The highest BCUT2D eigenvalue weighted by atomic mass is 32.3. The topological polar surface area (TPSA) is 0 Å². The van der Waals surface area contributed by atoms with E-state index in [2.05, 4.69) is 13.8 Å². The predicted molar refractivity (Wildman–Crippen MR) is 91.6 cm³/mol. The van der Waals surface area contributed by atoms with Crippen molar-refractivity contribution >= 4 is 10.0 Å². The summed E-state index contributed by atoms with van der Waals surface area (Å²) in [4.78, 5) is 0. The molecule has 2 atom stereocenters. The van der Waals surface area contributed by atoms with Gasteiger partial charge in [-0.25, -0.2) is 10.0 Å². The van der Waals surface area contributed by atoms with Gasteiger partial charge in [0.1, 0.15) is 0 Å². The van der Waals surface area contributed by atoms with Crippen LogP contribution < -0.4 is 0 Å². The average Bonchev–Trinajstić information content (AvgIpc) is 2.81. The molecule has 1 spiro atoms.